The van der Waals surface area contributed by atoms with Crippen LogP contribution in [-0.4, -0.2) is 18.9 Å². The molecule has 2 aromatic rings. The van der Waals surface area contributed by atoms with Crippen molar-refractivity contribution in [2.75, 3.05) is 6.61 Å². The van der Waals surface area contributed by atoms with E-state index in [1.165, 1.54) is 17.8 Å². The molecule has 31 heavy (non-hydrogen) atoms. The predicted octanol–water partition coefficient (Wildman–Crippen LogP) is 7.07. The van der Waals surface area contributed by atoms with Gasteiger partial charge in [0, 0.05) is 10.5 Å². The van der Waals surface area contributed by atoms with E-state index < -0.39 is 17.7 Å². The van der Waals surface area contributed by atoms with E-state index in [2.05, 4.69) is 17.5 Å². The van der Waals surface area contributed by atoms with Crippen molar-refractivity contribution in [1.82, 2.24) is 0 Å². The van der Waals surface area contributed by atoms with Crippen molar-refractivity contribution >= 4 is 23.4 Å². The van der Waals surface area contributed by atoms with Gasteiger partial charge in [0.2, 0.25) is 0 Å². The molecule has 0 aromatic heterocycles. The molecule has 0 spiro atoms. The maximum Gasteiger partial charge on any atom is 0.401 e. The first-order chi connectivity index (χ1) is 14.7. The van der Waals surface area contributed by atoms with Gasteiger partial charge in [0.05, 0.1) is 34.3 Å². The Morgan fingerprint density at radius 2 is 1.77 bits per heavy atom. The maximum absolute atomic E-state index is 13.6. The summed E-state index contributed by atoms with van der Waals surface area (Å²) in [6, 6.07) is 14.8. The number of hydrogen-bond donors (Lipinski definition) is 0. The minimum absolute atomic E-state index is 0.00844. The second kappa shape index (κ2) is 8.13. The van der Waals surface area contributed by atoms with Gasteiger partial charge in [-0.3, -0.25) is 0 Å². The zero-order chi connectivity index (χ0) is 22.2. The third-order valence-electron chi connectivity index (χ3n) is 5.35. The van der Waals surface area contributed by atoms with Crippen molar-refractivity contribution in [3.05, 3.63) is 87.1 Å². The number of rotatable bonds is 5. The summed E-state index contributed by atoms with van der Waals surface area (Å²) < 4.78 is 45.9. The zero-order valence-corrected chi connectivity index (χ0v) is 17.8. The number of halogens is 4. The van der Waals surface area contributed by atoms with Gasteiger partial charge < -0.3 is 4.74 Å². The van der Waals surface area contributed by atoms with Crippen molar-refractivity contribution in [2.45, 2.75) is 24.1 Å². The SMILES string of the molecule is CC(C1=C=C=C(Sc2ccc(-c3ccc(C#N)cc3)cc2Cl)C=C1)(C1CO1)C(F)(F)F. The molecule has 0 saturated carbocycles. The number of nitriles is 1. The molecular formula is C24H15ClF3NOS. The van der Waals surface area contributed by atoms with Crippen LogP contribution in [0.5, 0.6) is 0 Å². The second-order valence-corrected chi connectivity index (χ2v) is 8.81. The third kappa shape index (κ3) is 4.25. The molecule has 1 heterocycles. The Bertz CT molecular complexity index is 1210. The molecule has 0 radical (unpaired) electrons. The molecule has 2 aliphatic rings. The van der Waals surface area contributed by atoms with E-state index in [1.54, 1.807) is 18.2 Å². The van der Waals surface area contributed by atoms with Gasteiger partial charge in [0.15, 0.2) is 0 Å². The lowest BCUT2D eigenvalue weighted by Crippen LogP contribution is -2.41. The fraction of sp³-hybridized carbons (Fsp3) is 0.208. The molecule has 0 amide bonds. The van der Waals surface area contributed by atoms with Crippen molar-refractivity contribution in [3.63, 3.8) is 0 Å². The minimum Gasteiger partial charge on any atom is -0.372 e. The summed E-state index contributed by atoms with van der Waals surface area (Å²) >= 11 is 7.74. The first kappa shape index (κ1) is 21.6. The lowest BCUT2D eigenvalue weighted by atomic mass is 9.78. The molecule has 2 nitrogen and oxygen atoms in total. The van der Waals surface area contributed by atoms with Crippen LogP contribution in [0.2, 0.25) is 5.02 Å². The van der Waals surface area contributed by atoms with Crippen LogP contribution in [-0.2, 0) is 4.74 Å². The number of hydrogen-bond acceptors (Lipinski definition) is 3. The lowest BCUT2D eigenvalue weighted by molar-refractivity contribution is -0.208. The number of thioether (sulfide) groups is 1. The van der Waals surface area contributed by atoms with E-state index in [0.29, 0.717) is 15.5 Å². The molecule has 1 aliphatic heterocycles. The van der Waals surface area contributed by atoms with E-state index in [0.717, 1.165) is 22.9 Å². The van der Waals surface area contributed by atoms with Crippen molar-refractivity contribution in [2.24, 2.45) is 5.41 Å². The number of epoxide rings is 1. The predicted molar refractivity (Wildman–Crippen MR) is 115 cm³/mol. The van der Waals surface area contributed by atoms with Crippen LogP contribution in [0.1, 0.15) is 12.5 Å². The highest BCUT2D eigenvalue weighted by Crippen LogP contribution is 2.52. The monoisotopic (exact) mass is 457 g/mol. The molecule has 4 rings (SSSR count). The lowest BCUT2D eigenvalue weighted by Gasteiger charge is -2.30. The highest BCUT2D eigenvalue weighted by molar-refractivity contribution is 8.03. The molecule has 2 unspecified atom stereocenters. The maximum atomic E-state index is 13.6. The summed E-state index contributed by atoms with van der Waals surface area (Å²) in [5.74, 6) is 0. The fourth-order valence-corrected chi connectivity index (χ4v) is 4.31. The van der Waals surface area contributed by atoms with Crippen molar-refractivity contribution in [1.29, 1.82) is 5.26 Å². The second-order valence-electron chi connectivity index (χ2n) is 7.32. The number of benzene rings is 2. The molecule has 7 heteroatoms. The Labute approximate surface area is 187 Å². The number of allylic oxidation sites excluding steroid dienone is 2. The van der Waals surface area contributed by atoms with Gasteiger partial charge in [0.1, 0.15) is 5.41 Å². The molecule has 0 bridgehead atoms. The third-order valence-corrected chi connectivity index (χ3v) is 6.81. The summed E-state index contributed by atoms with van der Waals surface area (Å²) in [5, 5.41) is 9.42. The van der Waals surface area contributed by atoms with Crippen molar-refractivity contribution < 1.29 is 17.9 Å². The quantitative estimate of drug-likeness (QED) is 0.356. The number of nitrogens with zero attached hydrogens (tertiary/aromatic N) is 1. The fourth-order valence-electron chi connectivity index (χ4n) is 3.24. The number of ether oxygens (including phenoxy) is 1. The minimum atomic E-state index is -4.45. The van der Waals surface area contributed by atoms with E-state index in [4.69, 9.17) is 21.6 Å². The van der Waals surface area contributed by atoms with Crippen LogP contribution in [0, 0.1) is 16.7 Å². The van der Waals surface area contributed by atoms with Gasteiger partial charge in [0.25, 0.3) is 0 Å². The average molecular weight is 458 g/mol. The van der Waals surface area contributed by atoms with Gasteiger partial charge in [-0.2, -0.15) is 18.4 Å². The molecular weight excluding hydrogens is 443 g/mol. The first-order valence-electron chi connectivity index (χ1n) is 9.33. The molecule has 1 saturated heterocycles. The summed E-state index contributed by atoms with van der Waals surface area (Å²) in [6.07, 6.45) is -2.32. The van der Waals surface area contributed by atoms with Crippen LogP contribution < -0.4 is 0 Å². The Kier molecular flexibility index (Phi) is 5.66. The largest absolute Gasteiger partial charge is 0.401 e. The van der Waals surface area contributed by atoms with Gasteiger partial charge in [-0.25, -0.2) is 0 Å². The normalized spacial score (nSPS) is 19.3. The standard InChI is InChI=1S/C24H15ClF3NOS/c1-23(22-14-30-22,24(26,27)28)18-7-9-19(10-8-18)31-21-11-6-17(12-20(21)25)16-4-2-15(13-29)3-5-16/h2-7,9,11-12,22H,14H2,1H3. The molecule has 0 N–H and O–H groups in total. The van der Waals surface area contributed by atoms with Gasteiger partial charge >= 0.3 is 6.18 Å². The smallest absolute Gasteiger partial charge is 0.372 e. The van der Waals surface area contributed by atoms with E-state index >= 15 is 0 Å². The van der Waals surface area contributed by atoms with Gasteiger partial charge in [-0.15, -0.1) is 0 Å². The Balaban J connectivity index is 1.59. The van der Waals surface area contributed by atoms with Gasteiger partial charge in [-0.05, 0) is 54.5 Å². The van der Waals surface area contributed by atoms with Crippen LogP contribution in [0.15, 0.2) is 81.5 Å². The average Bonchev–Trinajstić information content (AvgIpc) is 3.60. The first-order valence-corrected chi connectivity index (χ1v) is 10.5. The summed E-state index contributed by atoms with van der Waals surface area (Å²) in [7, 11) is 0. The zero-order valence-electron chi connectivity index (χ0n) is 16.3. The van der Waals surface area contributed by atoms with Gasteiger partial charge in [-0.1, -0.05) is 53.0 Å². The highest BCUT2D eigenvalue weighted by Gasteiger charge is 2.62. The Morgan fingerprint density at radius 3 is 2.29 bits per heavy atom. The molecule has 2 atom stereocenters. The Morgan fingerprint density at radius 1 is 1.10 bits per heavy atom. The van der Waals surface area contributed by atoms with Crippen LogP contribution >= 0.6 is 23.4 Å². The van der Waals surface area contributed by atoms with E-state index in [1.807, 2.05) is 30.3 Å². The highest BCUT2D eigenvalue weighted by atomic mass is 35.5. The molecule has 1 aliphatic carbocycles. The van der Waals surface area contributed by atoms with E-state index in [-0.39, 0.29) is 12.2 Å². The van der Waals surface area contributed by atoms with Crippen LogP contribution in [0.25, 0.3) is 11.1 Å². The summed E-state index contributed by atoms with van der Waals surface area (Å²) in [6.45, 7) is 1.22. The Hall–Kier alpha value is -2.64. The summed E-state index contributed by atoms with van der Waals surface area (Å²) in [5.41, 5.74) is 5.81. The van der Waals surface area contributed by atoms with Crippen LogP contribution in [0.3, 0.4) is 0 Å². The van der Waals surface area contributed by atoms with E-state index in [9.17, 15) is 13.2 Å². The molecule has 156 valence electrons. The van der Waals surface area contributed by atoms with Crippen molar-refractivity contribution in [3.8, 4) is 17.2 Å². The van der Waals surface area contributed by atoms with Crippen LogP contribution in [0.4, 0.5) is 13.2 Å². The molecule has 2 aromatic carbocycles. The number of alkyl halides is 3. The topological polar surface area (TPSA) is 36.3 Å². The summed E-state index contributed by atoms with van der Waals surface area (Å²) in [4.78, 5) is 1.36. The molecule has 1 fully saturated rings.